The SMILES string of the molecule is O=S1(=O)CCN(CC2(CBr)CCCCC2)CC1. The molecule has 1 saturated carbocycles. The van der Waals surface area contributed by atoms with Crippen molar-refractivity contribution in [3.8, 4) is 0 Å². The summed E-state index contributed by atoms with van der Waals surface area (Å²) in [6, 6.07) is 0. The number of hydrogen-bond donors (Lipinski definition) is 0. The monoisotopic (exact) mass is 323 g/mol. The van der Waals surface area contributed by atoms with Gasteiger partial charge in [-0.25, -0.2) is 8.42 Å². The average molecular weight is 324 g/mol. The minimum absolute atomic E-state index is 0.353. The molecule has 0 aromatic rings. The van der Waals surface area contributed by atoms with Crippen molar-refractivity contribution in [3.05, 3.63) is 0 Å². The van der Waals surface area contributed by atoms with Crippen LogP contribution in [-0.4, -0.2) is 49.8 Å². The van der Waals surface area contributed by atoms with E-state index in [4.69, 9.17) is 0 Å². The van der Waals surface area contributed by atoms with Gasteiger partial charge in [-0.1, -0.05) is 35.2 Å². The van der Waals surface area contributed by atoms with Crippen molar-refractivity contribution in [1.29, 1.82) is 0 Å². The Labute approximate surface area is 113 Å². The van der Waals surface area contributed by atoms with E-state index in [2.05, 4.69) is 20.8 Å². The van der Waals surface area contributed by atoms with Crippen molar-refractivity contribution in [2.75, 3.05) is 36.5 Å². The van der Waals surface area contributed by atoms with E-state index in [-0.39, 0.29) is 0 Å². The number of rotatable bonds is 3. The van der Waals surface area contributed by atoms with Crippen LogP contribution < -0.4 is 0 Å². The fraction of sp³-hybridized carbons (Fsp3) is 1.00. The number of sulfone groups is 1. The van der Waals surface area contributed by atoms with Gasteiger partial charge in [0.2, 0.25) is 0 Å². The van der Waals surface area contributed by atoms with Crippen LogP contribution in [-0.2, 0) is 9.84 Å². The van der Waals surface area contributed by atoms with Crippen LogP contribution >= 0.6 is 15.9 Å². The molecule has 2 fully saturated rings. The van der Waals surface area contributed by atoms with Crippen LogP contribution in [0.5, 0.6) is 0 Å². The molecule has 0 bridgehead atoms. The Morgan fingerprint density at radius 1 is 1.06 bits per heavy atom. The molecule has 1 saturated heterocycles. The molecule has 0 spiro atoms. The molecule has 0 aromatic heterocycles. The molecule has 2 rings (SSSR count). The summed E-state index contributed by atoms with van der Waals surface area (Å²) in [4.78, 5) is 2.35. The predicted molar refractivity (Wildman–Crippen MR) is 74.4 cm³/mol. The lowest BCUT2D eigenvalue weighted by Crippen LogP contribution is -2.47. The Balaban J connectivity index is 1.91. The van der Waals surface area contributed by atoms with Crippen LogP contribution in [0.15, 0.2) is 0 Å². The summed E-state index contributed by atoms with van der Waals surface area (Å²) in [5, 5.41) is 1.06. The summed E-state index contributed by atoms with van der Waals surface area (Å²) in [7, 11) is -2.74. The molecule has 2 aliphatic rings. The zero-order valence-corrected chi connectivity index (χ0v) is 12.7. The van der Waals surface area contributed by atoms with Crippen molar-refractivity contribution >= 4 is 25.8 Å². The van der Waals surface area contributed by atoms with Crippen LogP contribution in [0.4, 0.5) is 0 Å². The molecule has 1 aliphatic carbocycles. The van der Waals surface area contributed by atoms with Gasteiger partial charge in [0.05, 0.1) is 11.5 Å². The van der Waals surface area contributed by atoms with Gasteiger partial charge in [-0.05, 0) is 18.3 Å². The van der Waals surface area contributed by atoms with Gasteiger partial charge in [-0.3, -0.25) is 0 Å². The first-order chi connectivity index (χ1) is 8.05. The second-order valence-corrected chi connectivity index (χ2v) is 8.49. The zero-order valence-electron chi connectivity index (χ0n) is 10.3. The summed E-state index contributed by atoms with van der Waals surface area (Å²) < 4.78 is 22.8. The van der Waals surface area contributed by atoms with Crippen LogP contribution in [0.25, 0.3) is 0 Å². The topological polar surface area (TPSA) is 37.4 Å². The van der Waals surface area contributed by atoms with Crippen molar-refractivity contribution in [2.24, 2.45) is 5.41 Å². The lowest BCUT2D eigenvalue weighted by Gasteiger charge is -2.41. The first kappa shape index (κ1) is 13.8. The molecule has 1 heterocycles. The van der Waals surface area contributed by atoms with Gasteiger partial charge in [0.25, 0.3) is 0 Å². The van der Waals surface area contributed by atoms with Crippen LogP contribution in [0.3, 0.4) is 0 Å². The standard InChI is InChI=1S/C12H22BrNO2S/c13-10-12(4-2-1-3-5-12)11-14-6-8-17(15,16)9-7-14/h1-11H2. The maximum atomic E-state index is 11.4. The fourth-order valence-electron chi connectivity index (χ4n) is 3.02. The Bertz CT molecular complexity index is 336. The quantitative estimate of drug-likeness (QED) is 0.746. The van der Waals surface area contributed by atoms with Crippen LogP contribution in [0, 0.1) is 5.41 Å². The Hall–Kier alpha value is 0.390. The molecule has 3 nitrogen and oxygen atoms in total. The minimum atomic E-state index is -2.74. The number of alkyl halides is 1. The zero-order chi connectivity index (χ0) is 12.4. The van der Waals surface area contributed by atoms with E-state index in [0.717, 1.165) is 25.0 Å². The van der Waals surface area contributed by atoms with Crippen LogP contribution in [0.2, 0.25) is 0 Å². The highest BCUT2D eigenvalue weighted by Gasteiger charge is 2.34. The predicted octanol–water partition coefficient (Wildman–Crippen LogP) is 2.06. The maximum Gasteiger partial charge on any atom is 0.152 e. The number of hydrogen-bond acceptors (Lipinski definition) is 3. The van der Waals surface area contributed by atoms with E-state index in [9.17, 15) is 8.42 Å². The van der Waals surface area contributed by atoms with E-state index < -0.39 is 9.84 Å². The second kappa shape index (κ2) is 5.57. The van der Waals surface area contributed by atoms with Crippen molar-refractivity contribution in [2.45, 2.75) is 32.1 Å². The van der Waals surface area contributed by atoms with E-state index in [1.165, 1.54) is 32.1 Å². The highest BCUT2D eigenvalue weighted by Crippen LogP contribution is 2.38. The molecule has 100 valence electrons. The third-order valence-corrected chi connectivity index (χ3v) is 6.99. The van der Waals surface area contributed by atoms with E-state index >= 15 is 0 Å². The number of nitrogens with zero attached hydrogens (tertiary/aromatic N) is 1. The summed E-state index contributed by atoms with van der Waals surface area (Å²) >= 11 is 3.67. The van der Waals surface area contributed by atoms with E-state index in [1.807, 2.05) is 0 Å². The Morgan fingerprint density at radius 3 is 2.18 bits per heavy atom. The fourth-order valence-corrected chi connectivity index (χ4v) is 5.03. The molecule has 0 unspecified atom stereocenters. The van der Waals surface area contributed by atoms with Gasteiger partial charge >= 0.3 is 0 Å². The largest absolute Gasteiger partial charge is 0.301 e. The minimum Gasteiger partial charge on any atom is -0.301 e. The Kier molecular flexibility index (Phi) is 4.53. The maximum absolute atomic E-state index is 11.4. The van der Waals surface area contributed by atoms with E-state index in [1.54, 1.807) is 0 Å². The summed E-state index contributed by atoms with van der Waals surface area (Å²) in [6.07, 6.45) is 6.61. The van der Waals surface area contributed by atoms with Crippen LogP contribution in [0.1, 0.15) is 32.1 Å². The van der Waals surface area contributed by atoms with Gasteiger partial charge in [0.15, 0.2) is 9.84 Å². The summed E-state index contributed by atoms with van der Waals surface area (Å²) in [6.45, 7) is 2.54. The molecule has 17 heavy (non-hydrogen) atoms. The van der Waals surface area contributed by atoms with Crippen molar-refractivity contribution in [1.82, 2.24) is 4.90 Å². The molecule has 0 amide bonds. The highest BCUT2D eigenvalue weighted by atomic mass is 79.9. The molecule has 0 aromatic carbocycles. The molecule has 5 heteroatoms. The summed E-state index contributed by atoms with van der Waals surface area (Å²) in [5.74, 6) is 0.705. The number of halogens is 1. The lowest BCUT2D eigenvalue weighted by molar-refractivity contribution is 0.133. The Morgan fingerprint density at radius 2 is 1.65 bits per heavy atom. The smallest absolute Gasteiger partial charge is 0.152 e. The first-order valence-electron chi connectivity index (χ1n) is 6.54. The lowest BCUT2D eigenvalue weighted by atomic mass is 9.75. The van der Waals surface area contributed by atoms with Gasteiger partial charge in [-0.2, -0.15) is 0 Å². The van der Waals surface area contributed by atoms with Gasteiger partial charge in [0, 0.05) is 25.0 Å². The van der Waals surface area contributed by atoms with Gasteiger partial charge < -0.3 is 4.90 Å². The normalized spacial score (nSPS) is 29.0. The molecule has 0 atom stereocenters. The van der Waals surface area contributed by atoms with Crippen molar-refractivity contribution in [3.63, 3.8) is 0 Å². The highest BCUT2D eigenvalue weighted by molar-refractivity contribution is 9.09. The molecule has 1 aliphatic heterocycles. The van der Waals surface area contributed by atoms with E-state index in [0.29, 0.717) is 16.9 Å². The first-order valence-corrected chi connectivity index (χ1v) is 9.48. The molecule has 0 radical (unpaired) electrons. The molecule has 0 N–H and O–H groups in total. The average Bonchev–Trinajstić information content (AvgIpc) is 2.33. The third kappa shape index (κ3) is 3.67. The summed E-state index contributed by atoms with van der Waals surface area (Å²) in [5.41, 5.74) is 0.402. The molecular formula is C12H22BrNO2S. The third-order valence-electron chi connectivity index (χ3n) is 4.19. The van der Waals surface area contributed by atoms with Gasteiger partial charge in [0.1, 0.15) is 0 Å². The second-order valence-electron chi connectivity index (χ2n) is 5.62. The van der Waals surface area contributed by atoms with Crippen molar-refractivity contribution < 1.29 is 8.42 Å². The molecular weight excluding hydrogens is 302 g/mol. The van der Waals surface area contributed by atoms with Gasteiger partial charge in [-0.15, -0.1) is 0 Å².